The molecule has 1 aromatic heterocycles. The van der Waals surface area contributed by atoms with Crippen molar-refractivity contribution in [3.8, 4) is 5.69 Å². The molecule has 18 heavy (non-hydrogen) atoms. The Morgan fingerprint density at radius 3 is 2.61 bits per heavy atom. The average Bonchev–Trinajstić information content (AvgIpc) is 2.67. The third kappa shape index (κ3) is 2.28. The molecule has 0 aliphatic heterocycles. The molecule has 0 unspecified atom stereocenters. The minimum absolute atomic E-state index is 0.122. The molecule has 0 radical (unpaired) electrons. The quantitative estimate of drug-likeness (QED) is 0.496. The molecule has 0 bridgehead atoms. The Kier molecular flexibility index (Phi) is 3.47. The van der Waals surface area contributed by atoms with E-state index in [9.17, 15) is 10.1 Å². The van der Waals surface area contributed by atoms with Crippen molar-refractivity contribution in [3.63, 3.8) is 0 Å². The molecule has 0 spiro atoms. The molecule has 0 aliphatic carbocycles. The second-order valence-electron chi connectivity index (χ2n) is 4.04. The van der Waals surface area contributed by atoms with Gasteiger partial charge in [0.05, 0.1) is 16.3 Å². The van der Waals surface area contributed by atoms with Gasteiger partial charge >= 0.3 is 0 Å². The molecule has 0 saturated heterocycles. The van der Waals surface area contributed by atoms with Gasteiger partial charge in [-0.1, -0.05) is 15.9 Å². The highest BCUT2D eigenvalue weighted by Gasteiger charge is 2.14. The van der Waals surface area contributed by atoms with Crippen LogP contribution in [0.15, 0.2) is 24.3 Å². The fourth-order valence-corrected chi connectivity index (χ4v) is 2.33. The molecule has 0 amide bonds. The zero-order valence-electron chi connectivity index (χ0n) is 10.1. The highest BCUT2D eigenvalue weighted by atomic mass is 79.9. The lowest BCUT2D eigenvalue weighted by atomic mass is 10.2. The third-order valence-electron chi connectivity index (χ3n) is 2.66. The number of nitro benzene ring substituents is 1. The van der Waals surface area contributed by atoms with Crippen LogP contribution in [-0.2, 0) is 5.33 Å². The van der Waals surface area contributed by atoms with Gasteiger partial charge in [-0.2, -0.15) is 5.10 Å². The number of hydrogen-bond acceptors (Lipinski definition) is 3. The van der Waals surface area contributed by atoms with Crippen LogP contribution in [0.4, 0.5) is 5.69 Å². The van der Waals surface area contributed by atoms with E-state index in [1.807, 2.05) is 19.9 Å². The smallest absolute Gasteiger partial charge is 0.258 e. The van der Waals surface area contributed by atoms with Crippen LogP contribution in [0.2, 0.25) is 0 Å². The van der Waals surface area contributed by atoms with E-state index in [1.54, 1.807) is 16.8 Å². The van der Waals surface area contributed by atoms with Crippen LogP contribution in [0, 0.1) is 24.0 Å². The number of rotatable bonds is 3. The SMILES string of the molecule is Cc1cc(C)n(-c2ccc([N+](=O)[O-])c(CBr)c2)n1. The lowest BCUT2D eigenvalue weighted by Crippen LogP contribution is -2.01. The summed E-state index contributed by atoms with van der Waals surface area (Å²) in [5.74, 6) is 0. The van der Waals surface area contributed by atoms with E-state index in [0.717, 1.165) is 17.1 Å². The lowest BCUT2D eigenvalue weighted by Gasteiger charge is -2.06. The molecule has 0 atom stereocenters. The molecule has 0 fully saturated rings. The van der Waals surface area contributed by atoms with Gasteiger partial charge in [0, 0.05) is 22.7 Å². The minimum Gasteiger partial charge on any atom is -0.258 e. The Hall–Kier alpha value is -1.69. The van der Waals surface area contributed by atoms with Crippen molar-refractivity contribution in [1.29, 1.82) is 0 Å². The molecule has 0 saturated carbocycles. The van der Waals surface area contributed by atoms with Gasteiger partial charge in [0.15, 0.2) is 0 Å². The zero-order valence-corrected chi connectivity index (χ0v) is 11.6. The summed E-state index contributed by atoms with van der Waals surface area (Å²) in [6.45, 7) is 3.87. The maximum absolute atomic E-state index is 10.9. The van der Waals surface area contributed by atoms with E-state index in [4.69, 9.17) is 0 Å². The van der Waals surface area contributed by atoms with Gasteiger partial charge < -0.3 is 0 Å². The summed E-state index contributed by atoms with van der Waals surface area (Å²) in [4.78, 5) is 10.5. The van der Waals surface area contributed by atoms with Crippen molar-refractivity contribution in [2.24, 2.45) is 0 Å². The van der Waals surface area contributed by atoms with Crippen molar-refractivity contribution >= 4 is 21.6 Å². The Morgan fingerprint density at radius 1 is 1.39 bits per heavy atom. The molecule has 0 aliphatic rings. The molecule has 0 N–H and O–H groups in total. The van der Waals surface area contributed by atoms with E-state index in [1.165, 1.54) is 6.07 Å². The number of aryl methyl sites for hydroxylation is 2. The second kappa shape index (κ2) is 4.89. The minimum atomic E-state index is -0.373. The maximum Gasteiger partial charge on any atom is 0.273 e. The molecule has 2 aromatic rings. The highest BCUT2D eigenvalue weighted by molar-refractivity contribution is 9.08. The first-order valence-electron chi connectivity index (χ1n) is 5.40. The first kappa shape index (κ1) is 12.8. The van der Waals surface area contributed by atoms with Gasteiger partial charge in [0.25, 0.3) is 5.69 Å². The van der Waals surface area contributed by atoms with Crippen molar-refractivity contribution in [2.45, 2.75) is 19.2 Å². The second-order valence-corrected chi connectivity index (χ2v) is 4.60. The number of nitro groups is 1. The number of benzene rings is 1. The van der Waals surface area contributed by atoms with Gasteiger partial charge in [0.2, 0.25) is 0 Å². The van der Waals surface area contributed by atoms with Crippen LogP contribution in [0.5, 0.6) is 0 Å². The van der Waals surface area contributed by atoms with Crippen LogP contribution in [-0.4, -0.2) is 14.7 Å². The van der Waals surface area contributed by atoms with E-state index in [-0.39, 0.29) is 10.6 Å². The topological polar surface area (TPSA) is 61.0 Å². The van der Waals surface area contributed by atoms with Gasteiger partial charge in [-0.05, 0) is 32.0 Å². The van der Waals surface area contributed by atoms with Gasteiger partial charge in [-0.15, -0.1) is 0 Å². The fourth-order valence-electron chi connectivity index (χ4n) is 1.88. The molecule has 1 aromatic carbocycles. The van der Waals surface area contributed by atoms with E-state index >= 15 is 0 Å². The van der Waals surface area contributed by atoms with Crippen molar-refractivity contribution in [1.82, 2.24) is 9.78 Å². The van der Waals surface area contributed by atoms with Crippen LogP contribution in [0.3, 0.4) is 0 Å². The van der Waals surface area contributed by atoms with Crippen molar-refractivity contribution in [3.05, 3.63) is 51.3 Å². The van der Waals surface area contributed by atoms with Gasteiger partial charge in [0.1, 0.15) is 0 Å². The summed E-state index contributed by atoms with van der Waals surface area (Å²) < 4.78 is 1.78. The molecular formula is C12H12BrN3O2. The molecule has 94 valence electrons. The predicted molar refractivity (Wildman–Crippen MR) is 72.3 cm³/mol. The van der Waals surface area contributed by atoms with Crippen molar-refractivity contribution < 1.29 is 4.92 Å². The summed E-state index contributed by atoms with van der Waals surface area (Å²) in [6.07, 6.45) is 0. The number of alkyl halides is 1. The summed E-state index contributed by atoms with van der Waals surface area (Å²) in [5, 5.41) is 15.7. The largest absolute Gasteiger partial charge is 0.273 e. The number of aromatic nitrogens is 2. The lowest BCUT2D eigenvalue weighted by molar-refractivity contribution is -0.385. The number of hydrogen-bond donors (Lipinski definition) is 0. The van der Waals surface area contributed by atoms with E-state index in [0.29, 0.717) is 10.9 Å². The van der Waals surface area contributed by atoms with Crippen LogP contribution >= 0.6 is 15.9 Å². The van der Waals surface area contributed by atoms with E-state index in [2.05, 4.69) is 21.0 Å². The standard InChI is InChI=1S/C12H12BrN3O2/c1-8-5-9(2)15(14-8)11-3-4-12(16(17)18)10(6-11)7-13/h3-6H,7H2,1-2H3. The maximum atomic E-state index is 10.9. The van der Waals surface area contributed by atoms with Crippen LogP contribution < -0.4 is 0 Å². The predicted octanol–water partition coefficient (Wildman–Crippen LogP) is 3.29. The number of nitrogens with zero attached hydrogens (tertiary/aromatic N) is 3. The third-order valence-corrected chi connectivity index (χ3v) is 3.26. The van der Waals surface area contributed by atoms with Crippen LogP contribution in [0.1, 0.15) is 17.0 Å². The monoisotopic (exact) mass is 309 g/mol. The first-order chi connectivity index (χ1) is 8.52. The molecule has 6 heteroatoms. The Balaban J connectivity index is 2.54. The summed E-state index contributed by atoms with van der Waals surface area (Å²) >= 11 is 3.27. The molecule has 5 nitrogen and oxygen atoms in total. The van der Waals surface area contributed by atoms with Gasteiger partial charge in [-0.3, -0.25) is 10.1 Å². The van der Waals surface area contributed by atoms with E-state index < -0.39 is 0 Å². The van der Waals surface area contributed by atoms with Crippen LogP contribution in [0.25, 0.3) is 5.69 Å². The Labute approximate surface area is 113 Å². The van der Waals surface area contributed by atoms with Crippen molar-refractivity contribution in [2.75, 3.05) is 0 Å². The highest BCUT2D eigenvalue weighted by Crippen LogP contribution is 2.24. The van der Waals surface area contributed by atoms with Gasteiger partial charge in [-0.25, -0.2) is 4.68 Å². The molecular weight excluding hydrogens is 298 g/mol. The summed E-state index contributed by atoms with van der Waals surface area (Å²) in [5.41, 5.74) is 3.52. The normalized spacial score (nSPS) is 10.6. The first-order valence-corrected chi connectivity index (χ1v) is 6.52. The average molecular weight is 310 g/mol. The molecule has 1 heterocycles. The Bertz CT molecular complexity index is 607. The number of halogens is 1. The zero-order chi connectivity index (χ0) is 13.3. The fraction of sp³-hybridized carbons (Fsp3) is 0.250. The Morgan fingerprint density at radius 2 is 2.11 bits per heavy atom. The molecule has 2 rings (SSSR count). The summed E-state index contributed by atoms with van der Waals surface area (Å²) in [7, 11) is 0. The summed E-state index contributed by atoms with van der Waals surface area (Å²) in [6, 6.07) is 6.98.